The van der Waals surface area contributed by atoms with Gasteiger partial charge in [-0.05, 0) is 37.0 Å². The Morgan fingerprint density at radius 3 is 2.46 bits per heavy atom. The first-order chi connectivity index (χ1) is 11.5. The van der Waals surface area contributed by atoms with E-state index < -0.39 is 17.5 Å². The van der Waals surface area contributed by atoms with E-state index >= 15 is 0 Å². The standard InChI is InChI=1S/C18H22N2O4/c1-2-13-6-8-14(9-7-13)24-15(21)12-20-16(22)18(19-17(20)23)10-4-3-5-11-18/h6-9H,2-5,10-12H2,1H3,(H,19,23). The molecule has 1 aliphatic carbocycles. The lowest BCUT2D eigenvalue weighted by atomic mass is 9.82. The Kier molecular flexibility index (Phi) is 4.55. The summed E-state index contributed by atoms with van der Waals surface area (Å²) in [6.07, 6.45) is 5.07. The van der Waals surface area contributed by atoms with E-state index in [2.05, 4.69) is 5.32 Å². The van der Waals surface area contributed by atoms with Gasteiger partial charge in [0.2, 0.25) is 0 Å². The van der Waals surface area contributed by atoms with Crippen LogP contribution in [0.5, 0.6) is 5.75 Å². The molecule has 1 aliphatic heterocycles. The van der Waals surface area contributed by atoms with Crippen LogP contribution in [-0.4, -0.2) is 34.9 Å². The largest absolute Gasteiger partial charge is 0.425 e. The Morgan fingerprint density at radius 2 is 1.83 bits per heavy atom. The molecule has 1 saturated heterocycles. The van der Waals surface area contributed by atoms with Crippen molar-refractivity contribution in [2.75, 3.05) is 6.54 Å². The minimum Gasteiger partial charge on any atom is -0.425 e. The molecular formula is C18H22N2O4. The second-order valence-corrected chi connectivity index (χ2v) is 6.44. The van der Waals surface area contributed by atoms with Crippen LogP contribution in [0.15, 0.2) is 24.3 Å². The number of benzene rings is 1. The Balaban J connectivity index is 1.63. The molecule has 2 fully saturated rings. The zero-order chi connectivity index (χ0) is 17.2. The van der Waals surface area contributed by atoms with Crippen LogP contribution in [-0.2, 0) is 16.0 Å². The summed E-state index contributed by atoms with van der Waals surface area (Å²) in [5, 5.41) is 2.78. The summed E-state index contributed by atoms with van der Waals surface area (Å²) in [7, 11) is 0. The van der Waals surface area contributed by atoms with Crippen LogP contribution in [0.3, 0.4) is 0 Å². The fraction of sp³-hybridized carbons (Fsp3) is 0.500. The lowest BCUT2D eigenvalue weighted by molar-refractivity contribution is -0.141. The summed E-state index contributed by atoms with van der Waals surface area (Å²) in [6.45, 7) is 1.68. The highest BCUT2D eigenvalue weighted by atomic mass is 16.5. The molecule has 0 bridgehead atoms. The summed E-state index contributed by atoms with van der Waals surface area (Å²) >= 11 is 0. The topological polar surface area (TPSA) is 75.7 Å². The molecule has 1 spiro atoms. The molecule has 0 atom stereocenters. The molecule has 0 unspecified atom stereocenters. The molecule has 0 aromatic heterocycles. The van der Waals surface area contributed by atoms with Crippen molar-refractivity contribution in [2.24, 2.45) is 0 Å². The van der Waals surface area contributed by atoms with Gasteiger partial charge >= 0.3 is 12.0 Å². The molecule has 24 heavy (non-hydrogen) atoms. The van der Waals surface area contributed by atoms with Crippen molar-refractivity contribution in [3.8, 4) is 5.75 Å². The third-order valence-corrected chi connectivity index (χ3v) is 4.80. The number of imide groups is 1. The Hall–Kier alpha value is -2.37. The summed E-state index contributed by atoms with van der Waals surface area (Å²) in [6, 6.07) is 6.69. The van der Waals surface area contributed by atoms with Crippen molar-refractivity contribution in [2.45, 2.75) is 51.0 Å². The number of hydrogen-bond donors (Lipinski definition) is 1. The maximum Gasteiger partial charge on any atom is 0.331 e. The van der Waals surface area contributed by atoms with Gasteiger partial charge in [0, 0.05) is 0 Å². The second kappa shape index (κ2) is 6.63. The summed E-state index contributed by atoms with van der Waals surface area (Å²) in [5.41, 5.74) is 0.335. The average molecular weight is 330 g/mol. The first-order valence-electron chi connectivity index (χ1n) is 8.48. The number of urea groups is 1. The molecule has 0 radical (unpaired) electrons. The molecule has 1 heterocycles. The first kappa shape index (κ1) is 16.5. The van der Waals surface area contributed by atoms with Crippen LogP contribution in [0.2, 0.25) is 0 Å². The maximum atomic E-state index is 12.6. The number of amides is 3. The lowest BCUT2D eigenvalue weighted by Crippen LogP contribution is -2.48. The highest BCUT2D eigenvalue weighted by Crippen LogP contribution is 2.33. The zero-order valence-corrected chi connectivity index (χ0v) is 13.8. The quantitative estimate of drug-likeness (QED) is 0.522. The van der Waals surface area contributed by atoms with E-state index in [1.54, 1.807) is 12.1 Å². The summed E-state index contributed by atoms with van der Waals surface area (Å²) in [4.78, 5) is 37.8. The fourth-order valence-corrected chi connectivity index (χ4v) is 3.40. The maximum absolute atomic E-state index is 12.6. The number of esters is 1. The number of nitrogens with zero attached hydrogens (tertiary/aromatic N) is 1. The van der Waals surface area contributed by atoms with Crippen molar-refractivity contribution >= 4 is 17.9 Å². The van der Waals surface area contributed by atoms with Crippen LogP contribution in [0.4, 0.5) is 4.79 Å². The van der Waals surface area contributed by atoms with Crippen molar-refractivity contribution in [3.63, 3.8) is 0 Å². The van der Waals surface area contributed by atoms with Gasteiger partial charge in [-0.15, -0.1) is 0 Å². The Labute approximate surface area is 141 Å². The third-order valence-electron chi connectivity index (χ3n) is 4.80. The van der Waals surface area contributed by atoms with Gasteiger partial charge in [0.15, 0.2) is 0 Å². The molecule has 1 saturated carbocycles. The smallest absolute Gasteiger partial charge is 0.331 e. The summed E-state index contributed by atoms with van der Waals surface area (Å²) < 4.78 is 5.24. The normalized spacial score (nSPS) is 19.5. The van der Waals surface area contributed by atoms with Crippen LogP contribution in [0, 0.1) is 0 Å². The average Bonchev–Trinajstić information content (AvgIpc) is 2.80. The SMILES string of the molecule is CCc1ccc(OC(=O)CN2C(=O)NC3(CCCCC3)C2=O)cc1. The van der Waals surface area contributed by atoms with Gasteiger partial charge in [-0.2, -0.15) is 0 Å². The van der Waals surface area contributed by atoms with E-state index in [9.17, 15) is 14.4 Å². The number of hydrogen-bond acceptors (Lipinski definition) is 4. The van der Waals surface area contributed by atoms with E-state index in [0.29, 0.717) is 18.6 Å². The minimum atomic E-state index is -0.807. The van der Waals surface area contributed by atoms with Gasteiger partial charge in [0.25, 0.3) is 5.91 Å². The Bertz CT molecular complexity index is 647. The summed E-state index contributed by atoms with van der Waals surface area (Å²) in [5.74, 6) is -0.502. The van der Waals surface area contributed by atoms with Crippen molar-refractivity contribution in [1.29, 1.82) is 0 Å². The molecule has 6 heteroatoms. The molecular weight excluding hydrogens is 308 g/mol. The number of carbonyl (C=O) groups excluding carboxylic acids is 3. The third kappa shape index (κ3) is 3.13. The molecule has 6 nitrogen and oxygen atoms in total. The van der Waals surface area contributed by atoms with E-state index in [1.807, 2.05) is 19.1 Å². The van der Waals surface area contributed by atoms with Crippen LogP contribution >= 0.6 is 0 Å². The number of carbonyl (C=O) groups is 3. The van der Waals surface area contributed by atoms with E-state index in [-0.39, 0.29) is 12.5 Å². The van der Waals surface area contributed by atoms with E-state index in [0.717, 1.165) is 36.1 Å². The number of rotatable bonds is 4. The molecule has 3 amide bonds. The molecule has 2 aliphatic rings. The lowest BCUT2D eigenvalue weighted by Gasteiger charge is -2.30. The van der Waals surface area contributed by atoms with Crippen LogP contribution in [0.1, 0.15) is 44.6 Å². The molecule has 3 rings (SSSR count). The van der Waals surface area contributed by atoms with Crippen molar-refractivity contribution in [1.82, 2.24) is 10.2 Å². The minimum absolute atomic E-state index is 0.300. The predicted molar refractivity (Wildman–Crippen MR) is 87.5 cm³/mol. The number of ether oxygens (including phenoxy) is 1. The predicted octanol–water partition coefficient (Wildman–Crippen LogP) is 2.41. The van der Waals surface area contributed by atoms with Gasteiger partial charge in [-0.3, -0.25) is 9.69 Å². The number of nitrogens with one attached hydrogen (secondary N) is 1. The van der Waals surface area contributed by atoms with Gasteiger partial charge in [-0.1, -0.05) is 38.3 Å². The van der Waals surface area contributed by atoms with E-state index in [1.165, 1.54) is 0 Å². The van der Waals surface area contributed by atoms with Gasteiger partial charge in [0.05, 0.1) is 0 Å². The second-order valence-electron chi connectivity index (χ2n) is 6.44. The van der Waals surface area contributed by atoms with E-state index in [4.69, 9.17) is 4.74 Å². The zero-order valence-electron chi connectivity index (χ0n) is 13.8. The van der Waals surface area contributed by atoms with Crippen molar-refractivity contribution in [3.05, 3.63) is 29.8 Å². The highest BCUT2D eigenvalue weighted by molar-refractivity contribution is 6.08. The number of aryl methyl sites for hydroxylation is 1. The van der Waals surface area contributed by atoms with Crippen molar-refractivity contribution < 1.29 is 19.1 Å². The van der Waals surface area contributed by atoms with Crippen LogP contribution in [0.25, 0.3) is 0 Å². The van der Waals surface area contributed by atoms with Gasteiger partial charge in [-0.25, -0.2) is 9.59 Å². The first-order valence-corrected chi connectivity index (χ1v) is 8.48. The van der Waals surface area contributed by atoms with Gasteiger partial charge < -0.3 is 10.1 Å². The molecule has 1 aromatic rings. The Morgan fingerprint density at radius 1 is 1.17 bits per heavy atom. The van der Waals surface area contributed by atoms with Gasteiger partial charge in [0.1, 0.15) is 17.8 Å². The fourth-order valence-electron chi connectivity index (χ4n) is 3.40. The molecule has 1 N–H and O–H groups in total. The van der Waals surface area contributed by atoms with Crippen LogP contribution < -0.4 is 10.1 Å². The monoisotopic (exact) mass is 330 g/mol. The highest BCUT2D eigenvalue weighted by Gasteiger charge is 2.51. The molecule has 128 valence electrons. The molecule has 1 aromatic carbocycles.